The number of hydrogen-bond donors (Lipinski definition) is 0. The molecule has 2 heterocycles. The molecule has 1 amide bonds. The van der Waals surface area contributed by atoms with Crippen LogP contribution in [0.3, 0.4) is 0 Å². The molecule has 1 atom stereocenters. The van der Waals surface area contributed by atoms with Gasteiger partial charge < -0.3 is 9.64 Å². The molecule has 0 spiro atoms. The van der Waals surface area contributed by atoms with Crippen LogP contribution in [0.15, 0.2) is 36.0 Å². The summed E-state index contributed by atoms with van der Waals surface area (Å²) in [6, 6.07) is 8.14. The van der Waals surface area contributed by atoms with E-state index in [1.165, 1.54) is 16.9 Å². The number of rotatable bonds is 3. The third-order valence-electron chi connectivity index (χ3n) is 3.66. The number of carbonyl (C=O) groups is 1. The number of aromatic nitrogens is 1. The van der Waals surface area contributed by atoms with E-state index in [1.807, 2.05) is 29.2 Å². The SMILES string of the molecule is COc1ccc([C@H]2CCCN2C(=O)c2cncs2)cc1. The number of thiazole rings is 1. The molecule has 1 aromatic heterocycles. The Morgan fingerprint density at radius 3 is 2.85 bits per heavy atom. The van der Waals surface area contributed by atoms with E-state index >= 15 is 0 Å². The van der Waals surface area contributed by atoms with Crippen molar-refractivity contribution in [1.82, 2.24) is 9.88 Å². The fraction of sp³-hybridized carbons (Fsp3) is 0.333. The number of benzene rings is 1. The van der Waals surface area contributed by atoms with E-state index < -0.39 is 0 Å². The molecule has 104 valence electrons. The summed E-state index contributed by atoms with van der Waals surface area (Å²) in [7, 11) is 1.66. The number of amides is 1. The standard InChI is InChI=1S/C15H16N2O2S/c1-19-12-6-4-11(5-7-12)13-3-2-8-17(13)15(18)14-9-16-10-20-14/h4-7,9-10,13H,2-3,8H2,1H3/t13-/m1/s1. The zero-order valence-corrected chi connectivity index (χ0v) is 12.1. The van der Waals surface area contributed by atoms with E-state index in [4.69, 9.17) is 4.74 Å². The zero-order valence-electron chi connectivity index (χ0n) is 11.3. The molecule has 1 aliphatic heterocycles. The number of likely N-dealkylation sites (tertiary alicyclic amines) is 1. The summed E-state index contributed by atoms with van der Waals surface area (Å²) in [5.41, 5.74) is 2.87. The molecule has 1 aliphatic rings. The van der Waals surface area contributed by atoms with Crippen LogP contribution in [-0.4, -0.2) is 29.4 Å². The summed E-state index contributed by atoms with van der Waals surface area (Å²) in [6.45, 7) is 0.813. The largest absolute Gasteiger partial charge is 0.497 e. The van der Waals surface area contributed by atoms with Gasteiger partial charge in [-0.15, -0.1) is 11.3 Å². The Bertz CT molecular complexity index is 580. The maximum Gasteiger partial charge on any atom is 0.266 e. The highest BCUT2D eigenvalue weighted by Crippen LogP contribution is 2.34. The molecular weight excluding hydrogens is 272 g/mol. The summed E-state index contributed by atoms with van der Waals surface area (Å²) in [5.74, 6) is 0.929. The Morgan fingerprint density at radius 1 is 1.40 bits per heavy atom. The van der Waals surface area contributed by atoms with Crippen LogP contribution in [0.25, 0.3) is 0 Å². The molecular formula is C15H16N2O2S. The van der Waals surface area contributed by atoms with Gasteiger partial charge in [0.2, 0.25) is 0 Å². The molecule has 0 bridgehead atoms. The molecule has 1 fully saturated rings. The first-order valence-corrected chi connectivity index (χ1v) is 7.51. The number of hydrogen-bond acceptors (Lipinski definition) is 4. The van der Waals surface area contributed by atoms with Crippen LogP contribution in [0.4, 0.5) is 0 Å². The lowest BCUT2D eigenvalue weighted by Crippen LogP contribution is -2.29. The molecule has 1 aromatic carbocycles. The van der Waals surface area contributed by atoms with Gasteiger partial charge in [0.1, 0.15) is 10.6 Å². The second-order valence-corrected chi connectivity index (χ2v) is 5.68. The molecule has 0 saturated carbocycles. The molecule has 0 N–H and O–H groups in total. The zero-order chi connectivity index (χ0) is 13.9. The monoisotopic (exact) mass is 288 g/mol. The molecule has 20 heavy (non-hydrogen) atoms. The van der Waals surface area contributed by atoms with Gasteiger partial charge in [-0.3, -0.25) is 9.78 Å². The molecule has 3 rings (SSSR count). The normalized spacial score (nSPS) is 18.2. The van der Waals surface area contributed by atoms with Crippen molar-refractivity contribution < 1.29 is 9.53 Å². The lowest BCUT2D eigenvalue weighted by molar-refractivity contribution is 0.0740. The summed E-state index contributed by atoms with van der Waals surface area (Å²) in [6.07, 6.45) is 3.70. The third kappa shape index (κ3) is 2.41. The minimum atomic E-state index is 0.0887. The highest BCUT2D eigenvalue weighted by Gasteiger charge is 2.31. The Kier molecular flexibility index (Phi) is 3.69. The Hall–Kier alpha value is -1.88. The molecule has 2 aromatic rings. The summed E-state index contributed by atoms with van der Waals surface area (Å²) in [5, 5.41) is 0. The van der Waals surface area contributed by atoms with E-state index in [1.54, 1.807) is 18.8 Å². The number of carbonyl (C=O) groups excluding carboxylic acids is 1. The van der Waals surface area contributed by atoms with Crippen LogP contribution in [0.5, 0.6) is 5.75 Å². The lowest BCUT2D eigenvalue weighted by atomic mass is 10.0. The fourth-order valence-electron chi connectivity index (χ4n) is 2.65. The number of ether oxygens (including phenoxy) is 1. The van der Waals surface area contributed by atoms with Crippen molar-refractivity contribution >= 4 is 17.2 Å². The smallest absolute Gasteiger partial charge is 0.266 e. The minimum absolute atomic E-state index is 0.0887. The highest BCUT2D eigenvalue weighted by molar-refractivity contribution is 7.11. The summed E-state index contributed by atoms with van der Waals surface area (Å²) < 4.78 is 5.18. The Balaban J connectivity index is 1.83. The van der Waals surface area contributed by atoms with Crippen molar-refractivity contribution in [2.75, 3.05) is 13.7 Å². The van der Waals surface area contributed by atoms with Gasteiger partial charge in [0, 0.05) is 6.54 Å². The van der Waals surface area contributed by atoms with Gasteiger partial charge in [-0.25, -0.2) is 0 Å². The Morgan fingerprint density at radius 2 is 2.20 bits per heavy atom. The molecule has 0 aliphatic carbocycles. The predicted molar refractivity (Wildman–Crippen MR) is 78.1 cm³/mol. The van der Waals surface area contributed by atoms with Crippen molar-refractivity contribution in [3.63, 3.8) is 0 Å². The average molecular weight is 288 g/mol. The van der Waals surface area contributed by atoms with Gasteiger partial charge >= 0.3 is 0 Å². The summed E-state index contributed by atoms with van der Waals surface area (Å²) in [4.78, 5) is 19.1. The molecule has 5 heteroatoms. The van der Waals surface area contributed by atoms with Crippen molar-refractivity contribution in [3.8, 4) is 5.75 Å². The fourth-order valence-corrected chi connectivity index (χ4v) is 3.22. The van der Waals surface area contributed by atoms with E-state index in [2.05, 4.69) is 4.98 Å². The second-order valence-electron chi connectivity index (χ2n) is 4.80. The van der Waals surface area contributed by atoms with E-state index in [0.29, 0.717) is 4.88 Å². The van der Waals surface area contributed by atoms with Crippen molar-refractivity contribution in [2.45, 2.75) is 18.9 Å². The van der Waals surface area contributed by atoms with Crippen LogP contribution >= 0.6 is 11.3 Å². The van der Waals surface area contributed by atoms with Crippen LogP contribution in [-0.2, 0) is 0 Å². The van der Waals surface area contributed by atoms with Gasteiger partial charge in [-0.2, -0.15) is 0 Å². The first-order chi connectivity index (χ1) is 9.79. The molecule has 0 unspecified atom stereocenters. The minimum Gasteiger partial charge on any atom is -0.497 e. The third-order valence-corrected chi connectivity index (χ3v) is 4.42. The highest BCUT2D eigenvalue weighted by atomic mass is 32.1. The maximum absolute atomic E-state index is 12.5. The van der Waals surface area contributed by atoms with Crippen LogP contribution in [0, 0.1) is 0 Å². The van der Waals surface area contributed by atoms with Crippen molar-refractivity contribution in [3.05, 3.63) is 46.4 Å². The van der Waals surface area contributed by atoms with Gasteiger partial charge in [0.15, 0.2) is 0 Å². The van der Waals surface area contributed by atoms with Crippen LogP contribution < -0.4 is 4.74 Å². The summed E-state index contributed by atoms with van der Waals surface area (Å²) >= 11 is 1.40. The van der Waals surface area contributed by atoms with Gasteiger partial charge in [-0.05, 0) is 30.5 Å². The number of nitrogens with zero attached hydrogens (tertiary/aromatic N) is 2. The predicted octanol–water partition coefficient (Wildman–Crippen LogP) is 3.13. The Labute approximate surface area is 122 Å². The van der Waals surface area contributed by atoms with Gasteiger partial charge in [0.25, 0.3) is 5.91 Å². The van der Waals surface area contributed by atoms with E-state index in [-0.39, 0.29) is 11.9 Å². The van der Waals surface area contributed by atoms with Gasteiger partial charge in [-0.1, -0.05) is 12.1 Å². The topological polar surface area (TPSA) is 42.4 Å². The van der Waals surface area contributed by atoms with Gasteiger partial charge in [0.05, 0.1) is 24.9 Å². The maximum atomic E-state index is 12.5. The van der Waals surface area contributed by atoms with Crippen LogP contribution in [0.1, 0.15) is 34.1 Å². The van der Waals surface area contributed by atoms with Crippen molar-refractivity contribution in [2.24, 2.45) is 0 Å². The van der Waals surface area contributed by atoms with E-state index in [9.17, 15) is 4.79 Å². The van der Waals surface area contributed by atoms with Crippen molar-refractivity contribution in [1.29, 1.82) is 0 Å². The van der Waals surface area contributed by atoms with E-state index in [0.717, 1.165) is 25.1 Å². The molecule has 4 nitrogen and oxygen atoms in total. The molecule has 1 saturated heterocycles. The number of methoxy groups -OCH3 is 1. The quantitative estimate of drug-likeness (QED) is 0.871. The second kappa shape index (κ2) is 5.63. The lowest BCUT2D eigenvalue weighted by Gasteiger charge is -2.24. The first kappa shape index (κ1) is 13.1. The average Bonchev–Trinajstić information content (AvgIpc) is 3.18. The van der Waals surface area contributed by atoms with Crippen LogP contribution in [0.2, 0.25) is 0 Å². The molecule has 0 radical (unpaired) electrons. The first-order valence-electron chi connectivity index (χ1n) is 6.63.